The lowest BCUT2D eigenvalue weighted by molar-refractivity contribution is -0.0162. The number of likely N-dealkylation sites (tertiary alicyclic amines) is 1. The molecular formula is C7H15N. The van der Waals surface area contributed by atoms with Crippen molar-refractivity contribution in [1.29, 1.82) is 0 Å². The van der Waals surface area contributed by atoms with Gasteiger partial charge in [-0.2, -0.15) is 0 Å². The summed E-state index contributed by atoms with van der Waals surface area (Å²) in [6, 6.07) is 0.780. The highest BCUT2D eigenvalue weighted by Gasteiger charge is 2.39. The SMILES string of the molecule is CC1N(C)CC1(C)C. The lowest BCUT2D eigenvalue weighted by Crippen LogP contribution is -2.58. The van der Waals surface area contributed by atoms with Crippen molar-refractivity contribution in [2.45, 2.75) is 26.8 Å². The van der Waals surface area contributed by atoms with E-state index < -0.39 is 0 Å². The smallest absolute Gasteiger partial charge is 0.0127 e. The van der Waals surface area contributed by atoms with E-state index in [-0.39, 0.29) is 0 Å². The first kappa shape index (κ1) is 6.09. The second kappa shape index (κ2) is 1.47. The molecule has 0 aromatic heterocycles. The fourth-order valence-corrected chi connectivity index (χ4v) is 1.40. The van der Waals surface area contributed by atoms with Crippen LogP contribution in [-0.4, -0.2) is 24.5 Å². The number of rotatable bonds is 0. The van der Waals surface area contributed by atoms with Crippen molar-refractivity contribution in [3.05, 3.63) is 0 Å². The summed E-state index contributed by atoms with van der Waals surface area (Å²) in [4.78, 5) is 2.38. The van der Waals surface area contributed by atoms with Crippen LogP contribution in [-0.2, 0) is 0 Å². The Balaban J connectivity index is 2.47. The summed E-state index contributed by atoms with van der Waals surface area (Å²) in [6.07, 6.45) is 0. The van der Waals surface area contributed by atoms with Crippen molar-refractivity contribution in [3.8, 4) is 0 Å². The van der Waals surface area contributed by atoms with Crippen LogP contribution in [0.4, 0.5) is 0 Å². The highest BCUT2D eigenvalue weighted by atomic mass is 15.2. The average Bonchev–Trinajstić information content (AvgIpc) is 1.65. The molecule has 1 heterocycles. The zero-order valence-corrected chi connectivity index (χ0v) is 6.23. The molecule has 0 amide bonds. The second-order valence-corrected chi connectivity index (χ2v) is 3.58. The zero-order chi connectivity index (χ0) is 6.36. The molecule has 1 heteroatoms. The van der Waals surface area contributed by atoms with Gasteiger partial charge in [-0.3, -0.25) is 0 Å². The standard InChI is InChI=1S/C7H15N/c1-6-7(2,3)5-8(6)4/h6H,5H2,1-4H3. The molecule has 1 aliphatic rings. The molecule has 0 aromatic carbocycles. The maximum atomic E-state index is 2.38. The van der Waals surface area contributed by atoms with Gasteiger partial charge in [0.15, 0.2) is 0 Å². The van der Waals surface area contributed by atoms with Gasteiger partial charge in [0.25, 0.3) is 0 Å². The van der Waals surface area contributed by atoms with Crippen LogP contribution in [0.15, 0.2) is 0 Å². The van der Waals surface area contributed by atoms with E-state index in [2.05, 4.69) is 32.7 Å². The molecule has 8 heavy (non-hydrogen) atoms. The summed E-state index contributed by atoms with van der Waals surface area (Å²) in [5.41, 5.74) is 0.578. The Bertz CT molecular complexity index is 96.6. The average molecular weight is 113 g/mol. The third kappa shape index (κ3) is 0.655. The fourth-order valence-electron chi connectivity index (χ4n) is 1.40. The molecule has 1 nitrogen and oxygen atoms in total. The van der Waals surface area contributed by atoms with Crippen LogP contribution in [0, 0.1) is 5.41 Å². The molecule has 0 saturated carbocycles. The van der Waals surface area contributed by atoms with Gasteiger partial charge in [0.05, 0.1) is 0 Å². The quantitative estimate of drug-likeness (QED) is 0.458. The molecule has 1 aliphatic heterocycles. The minimum Gasteiger partial charge on any atom is -0.303 e. The minimum absolute atomic E-state index is 0.578. The Morgan fingerprint density at radius 2 is 2.00 bits per heavy atom. The molecule has 0 aromatic rings. The van der Waals surface area contributed by atoms with E-state index in [4.69, 9.17) is 0 Å². The molecule has 0 N–H and O–H groups in total. The van der Waals surface area contributed by atoms with Gasteiger partial charge >= 0.3 is 0 Å². The first-order chi connectivity index (χ1) is 3.54. The highest BCUT2D eigenvalue weighted by Crippen LogP contribution is 2.34. The molecule has 1 unspecified atom stereocenters. The summed E-state index contributed by atoms with van der Waals surface area (Å²) >= 11 is 0. The Morgan fingerprint density at radius 3 is 2.00 bits per heavy atom. The summed E-state index contributed by atoms with van der Waals surface area (Å²) in [6.45, 7) is 8.17. The van der Waals surface area contributed by atoms with Gasteiger partial charge in [-0.05, 0) is 19.4 Å². The Hall–Kier alpha value is -0.0400. The molecule has 1 rings (SSSR count). The third-order valence-electron chi connectivity index (χ3n) is 2.45. The summed E-state index contributed by atoms with van der Waals surface area (Å²) < 4.78 is 0. The molecule has 1 saturated heterocycles. The van der Waals surface area contributed by atoms with Gasteiger partial charge < -0.3 is 4.90 Å². The minimum atomic E-state index is 0.578. The van der Waals surface area contributed by atoms with Crippen LogP contribution in [0.3, 0.4) is 0 Å². The Morgan fingerprint density at radius 1 is 1.50 bits per heavy atom. The van der Waals surface area contributed by atoms with Crippen LogP contribution >= 0.6 is 0 Å². The number of nitrogens with zero attached hydrogens (tertiary/aromatic N) is 1. The predicted molar refractivity (Wildman–Crippen MR) is 35.9 cm³/mol. The molecule has 1 fully saturated rings. The molecule has 0 spiro atoms. The maximum absolute atomic E-state index is 2.38. The number of hydrogen-bond acceptors (Lipinski definition) is 1. The van der Waals surface area contributed by atoms with Crippen molar-refractivity contribution in [2.24, 2.45) is 5.41 Å². The molecule has 1 atom stereocenters. The molecular weight excluding hydrogens is 98.1 g/mol. The van der Waals surface area contributed by atoms with Gasteiger partial charge in [0.2, 0.25) is 0 Å². The maximum Gasteiger partial charge on any atom is 0.0127 e. The van der Waals surface area contributed by atoms with Crippen molar-refractivity contribution < 1.29 is 0 Å². The molecule has 0 radical (unpaired) electrons. The topological polar surface area (TPSA) is 3.24 Å². The largest absolute Gasteiger partial charge is 0.303 e. The van der Waals surface area contributed by atoms with Gasteiger partial charge in [-0.15, -0.1) is 0 Å². The second-order valence-electron chi connectivity index (χ2n) is 3.58. The van der Waals surface area contributed by atoms with Crippen LogP contribution in [0.1, 0.15) is 20.8 Å². The van der Waals surface area contributed by atoms with Gasteiger partial charge in [0, 0.05) is 12.6 Å². The van der Waals surface area contributed by atoms with E-state index in [1.807, 2.05) is 0 Å². The first-order valence-electron chi connectivity index (χ1n) is 3.24. The Labute approximate surface area is 51.7 Å². The van der Waals surface area contributed by atoms with E-state index in [1.165, 1.54) is 6.54 Å². The lowest BCUT2D eigenvalue weighted by atomic mass is 9.77. The van der Waals surface area contributed by atoms with Gasteiger partial charge in [-0.25, -0.2) is 0 Å². The van der Waals surface area contributed by atoms with Crippen molar-refractivity contribution >= 4 is 0 Å². The van der Waals surface area contributed by atoms with Crippen molar-refractivity contribution in [1.82, 2.24) is 4.90 Å². The van der Waals surface area contributed by atoms with Gasteiger partial charge in [-0.1, -0.05) is 13.8 Å². The van der Waals surface area contributed by atoms with Gasteiger partial charge in [0.1, 0.15) is 0 Å². The predicted octanol–water partition coefficient (Wildman–Crippen LogP) is 1.35. The van der Waals surface area contributed by atoms with Crippen LogP contribution in [0.5, 0.6) is 0 Å². The van der Waals surface area contributed by atoms with Crippen LogP contribution in [0.25, 0.3) is 0 Å². The monoisotopic (exact) mass is 113 g/mol. The number of hydrogen-bond donors (Lipinski definition) is 0. The van der Waals surface area contributed by atoms with E-state index in [0.717, 1.165) is 6.04 Å². The van der Waals surface area contributed by atoms with Crippen LogP contribution < -0.4 is 0 Å². The summed E-state index contributed by atoms with van der Waals surface area (Å²) in [7, 11) is 2.18. The van der Waals surface area contributed by atoms with E-state index in [0.29, 0.717) is 5.41 Å². The molecule has 0 aliphatic carbocycles. The zero-order valence-electron chi connectivity index (χ0n) is 6.23. The molecule has 0 bridgehead atoms. The summed E-state index contributed by atoms with van der Waals surface area (Å²) in [5.74, 6) is 0. The fraction of sp³-hybridized carbons (Fsp3) is 1.00. The van der Waals surface area contributed by atoms with Crippen molar-refractivity contribution in [3.63, 3.8) is 0 Å². The first-order valence-corrected chi connectivity index (χ1v) is 3.24. The molecule has 48 valence electrons. The normalized spacial score (nSPS) is 36.8. The summed E-state index contributed by atoms with van der Waals surface area (Å²) in [5, 5.41) is 0. The van der Waals surface area contributed by atoms with E-state index in [9.17, 15) is 0 Å². The third-order valence-corrected chi connectivity index (χ3v) is 2.45. The lowest BCUT2D eigenvalue weighted by Gasteiger charge is -2.51. The van der Waals surface area contributed by atoms with E-state index >= 15 is 0 Å². The van der Waals surface area contributed by atoms with Crippen LogP contribution in [0.2, 0.25) is 0 Å². The van der Waals surface area contributed by atoms with Crippen molar-refractivity contribution in [2.75, 3.05) is 13.6 Å². The highest BCUT2D eigenvalue weighted by molar-refractivity contribution is 4.93. The Kier molecular flexibility index (Phi) is 1.12. The van der Waals surface area contributed by atoms with E-state index in [1.54, 1.807) is 0 Å².